The van der Waals surface area contributed by atoms with Crippen molar-refractivity contribution in [1.29, 1.82) is 0 Å². The van der Waals surface area contributed by atoms with Gasteiger partial charge in [-0.1, -0.05) is 76.8 Å². The summed E-state index contributed by atoms with van der Waals surface area (Å²) in [6, 6.07) is 10.9. The number of hydrogen-bond donors (Lipinski definition) is 1. The van der Waals surface area contributed by atoms with Crippen LogP contribution in [0.5, 0.6) is 0 Å². The molecule has 122 valence electrons. The van der Waals surface area contributed by atoms with E-state index in [4.69, 9.17) is 5.73 Å². The maximum absolute atomic E-state index is 6.85. The lowest BCUT2D eigenvalue weighted by atomic mass is 9.73. The second kappa shape index (κ2) is 11.1. The summed E-state index contributed by atoms with van der Waals surface area (Å²) < 4.78 is 0. The topological polar surface area (TPSA) is 26.0 Å². The molecule has 0 fully saturated rings. The van der Waals surface area contributed by atoms with Crippen molar-refractivity contribution in [1.82, 2.24) is 0 Å². The highest BCUT2D eigenvalue weighted by Gasteiger charge is 2.32. The van der Waals surface area contributed by atoms with Gasteiger partial charge in [-0.05, 0) is 37.2 Å². The maximum atomic E-state index is 6.85. The molecule has 1 aromatic rings. The lowest BCUT2D eigenvalue weighted by Gasteiger charge is -2.38. The Balaban J connectivity index is 0.00000400. The average Bonchev–Trinajstić information content (AvgIpc) is 2.45. The monoisotopic (exact) mass is 311 g/mol. The van der Waals surface area contributed by atoms with Crippen molar-refractivity contribution in [2.45, 2.75) is 77.7 Å². The number of rotatable bonds is 10. The summed E-state index contributed by atoms with van der Waals surface area (Å²) in [5, 5.41) is 0. The van der Waals surface area contributed by atoms with Crippen LogP contribution in [-0.4, -0.2) is 5.54 Å². The first-order valence-electron chi connectivity index (χ1n) is 8.49. The summed E-state index contributed by atoms with van der Waals surface area (Å²) in [5.41, 5.74) is 8.31. The number of halogens is 1. The second-order valence-corrected chi connectivity index (χ2v) is 6.26. The molecule has 1 unspecified atom stereocenters. The van der Waals surface area contributed by atoms with Crippen LogP contribution in [0.25, 0.3) is 0 Å². The van der Waals surface area contributed by atoms with Gasteiger partial charge in [-0.2, -0.15) is 0 Å². The van der Waals surface area contributed by atoms with Gasteiger partial charge in [0.25, 0.3) is 0 Å². The minimum Gasteiger partial charge on any atom is -0.325 e. The predicted octanol–water partition coefficient (Wildman–Crippen LogP) is 5.76. The highest BCUT2D eigenvalue weighted by atomic mass is 35.5. The molecule has 0 amide bonds. The molecule has 1 nitrogen and oxygen atoms in total. The Hall–Kier alpha value is -0.530. The number of hydrogen-bond acceptors (Lipinski definition) is 1. The molecule has 0 bridgehead atoms. The van der Waals surface area contributed by atoms with Crippen molar-refractivity contribution in [2.75, 3.05) is 0 Å². The van der Waals surface area contributed by atoms with Crippen LogP contribution >= 0.6 is 12.4 Å². The molecule has 0 saturated heterocycles. The first-order valence-corrected chi connectivity index (χ1v) is 8.49. The summed E-state index contributed by atoms with van der Waals surface area (Å²) in [5.74, 6) is 0.616. The fourth-order valence-corrected chi connectivity index (χ4v) is 3.41. The van der Waals surface area contributed by atoms with E-state index in [0.29, 0.717) is 5.92 Å². The highest BCUT2D eigenvalue weighted by molar-refractivity contribution is 5.85. The van der Waals surface area contributed by atoms with Crippen LogP contribution in [0.1, 0.15) is 71.3 Å². The Bertz CT molecular complexity index is 344. The van der Waals surface area contributed by atoms with Crippen LogP contribution in [0.15, 0.2) is 30.3 Å². The number of unbranched alkanes of at least 4 members (excludes halogenated alkanes) is 1. The van der Waals surface area contributed by atoms with Crippen LogP contribution in [0.4, 0.5) is 0 Å². The van der Waals surface area contributed by atoms with E-state index in [9.17, 15) is 0 Å². The molecular weight excluding hydrogens is 278 g/mol. The summed E-state index contributed by atoms with van der Waals surface area (Å²) in [6.45, 7) is 6.80. The molecule has 0 spiro atoms. The van der Waals surface area contributed by atoms with Gasteiger partial charge in [-0.3, -0.25) is 0 Å². The van der Waals surface area contributed by atoms with E-state index in [1.165, 1.54) is 37.7 Å². The molecule has 1 aromatic carbocycles. The fraction of sp³-hybridized carbons (Fsp3) is 0.684. The molecule has 0 aliphatic carbocycles. The van der Waals surface area contributed by atoms with E-state index in [0.717, 1.165) is 19.3 Å². The van der Waals surface area contributed by atoms with Gasteiger partial charge in [0.05, 0.1) is 0 Å². The van der Waals surface area contributed by atoms with Gasteiger partial charge in [0, 0.05) is 5.54 Å². The summed E-state index contributed by atoms with van der Waals surface area (Å²) in [7, 11) is 0. The van der Waals surface area contributed by atoms with Gasteiger partial charge in [0.1, 0.15) is 0 Å². The molecule has 0 radical (unpaired) electrons. The van der Waals surface area contributed by atoms with E-state index < -0.39 is 0 Å². The Labute approximate surface area is 138 Å². The molecule has 0 saturated carbocycles. The first kappa shape index (κ1) is 20.5. The third-order valence-electron chi connectivity index (χ3n) is 4.48. The standard InChI is InChI=1S/C19H33N.ClH/c1-4-7-13-18(16-17-11-9-8-10-12-17)19(20,14-5-2)15-6-3;/h8-12,18H,4-7,13-16,20H2,1-3H3;1H. The van der Waals surface area contributed by atoms with Crippen molar-refractivity contribution in [3.05, 3.63) is 35.9 Å². The van der Waals surface area contributed by atoms with Gasteiger partial charge in [-0.25, -0.2) is 0 Å². The lowest BCUT2D eigenvalue weighted by molar-refractivity contribution is 0.212. The van der Waals surface area contributed by atoms with Gasteiger partial charge in [0.15, 0.2) is 0 Å². The number of benzene rings is 1. The van der Waals surface area contributed by atoms with Gasteiger partial charge >= 0.3 is 0 Å². The zero-order chi connectivity index (χ0) is 14.8. The van der Waals surface area contributed by atoms with Gasteiger partial charge in [0.2, 0.25) is 0 Å². The molecule has 1 rings (SSSR count). The SMILES string of the molecule is CCCCC(Cc1ccccc1)C(N)(CCC)CCC.Cl. The van der Waals surface area contributed by atoms with Gasteiger partial charge < -0.3 is 5.73 Å². The van der Waals surface area contributed by atoms with Crippen LogP contribution in [0, 0.1) is 5.92 Å². The van der Waals surface area contributed by atoms with Crippen LogP contribution in [-0.2, 0) is 6.42 Å². The average molecular weight is 312 g/mol. The molecule has 1 atom stereocenters. The second-order valence-electron chi connectivity index (χ2n) is 6.26. The van der Waals surface area contributed by atoms with Crippen molar-refractivity contribution in [2.24, 2.45) is 11.7 Å². The van der Waals surface area contributed by atoms with E-state index in [1.807, 2.05) is 0 Å². The summed E-state index contributed by atoms with van der Waals surface area (Å²) in [6.07, 6.45) is 9.65. The number of nitrogens with two attached hydrogens (primary N) is 1. The molecule has 21 heavy (non-hydrogen) atoms. The predicted molar refractivity (Wildman–Crippen MR) is 97.1 cm³/mol. The summed E-state index contributed by atoms with van der Waals surface area (Å²) in [4.78, 5) is 0. The van der Waals surface area contributed by atoms with Crippen LogP contribution < -0.4 is 5.73 Å². The minimum absolute atomic E-state index is 0. The van der Waals surface area contributed by atoms with Crippen molar-refractivity contribution < 1.29 is 0 Å². The third kappa shape index (κ3) is 6.84. The Kier molecular flexibility index (Phi) is 10.8. The largest absolute Gasteiger partial charge is 0.325 e. The lowest BCUT2D eigenvalue weighted by Crippen LogP contribution is -2.48. The molecule has 2 N–H and O–H groups in total. The zero-order valence-corrected chi connectivity index (χ0v) is 14.9. The van der Waals surface area contributed by atoms with Crippen LogP contribution in [0.3, 0.4) is 0 Å². The van der Waals surface area contributed by atoms with E-state index in [1.54, 1.807) is 0 Å². The fourth-order valence-electron chi connectivity index (χ4n) is 3.41. The Morgan fingerprint density at radius 3 is 2.00 bits per heavy atom. The molecular formula is C19H34ClN. The smallest absolute Gasteiger partial charge is 0.0185 e. The van der Waals surface area contributed by atoms with Crippen molar-refractivity contribution in [3.63, 3.8) is 0 Å². The van der Waals surface area contributed by atoms with Crippen molar-refractivity contribution in [3.8, 4) is 0 Å². The van der Waals surface area contributed by atoms with Crippen LogP contribution in [0.2, 0.25) is 0 Å². The van der Waals surface area contributed by atoms with Crippen molar-refractivity contribution >= 4 is 12.4 Å². The molecule has 0 aliphatic heterocycles. The Morgan fingerprint density at radius 1 is 0.952 bits per heavy atom. The third-order valence-corrected chi connectivity index (χ3v) is 4.48. The molecule has 0 aromatic heterocycles. The normalized spacial score (nSPS) is 12.8. The highest BCUT2D eigenvalue weighted by Crippen LogP contribution is 2.32. The first-order chi connectivity index (χ1) is 9.66. The van der Waals surface area contributed by atoms with E-state index >= 15 is 0 Å². The molecule has 0 aliphatic rings. The molecule has 0 heterocycles. The van der Waals surface area contributed by atoms with E-state index in [-0.39, 0.29) is 17.9 Å². The quantitative estimate of drug-likeness (QED) is 0.584. The molecule has 2 heteroatoms. The zero-order valence-electron chi connectivity index (χ0n) is 14.1. The van der Waals surface area contributed by atoms with E-state index in [2.05, 4.69) is 51.1 Å². The maximum Gasteiger partial charge on any atom is 0.0185 e. The minimum atomic E-state index is 0. The van der Waals surface area contributed by atoms with Gasteiger partial charge in [-0.15, -0.1) is 12.4 Å². The Morgan fingerprint density at radius 2 is 1.52 bits per heavy atom. The summed E-state index contributed by atoms with van der Waals surface area (Å²) >= 11 is 0.